The molecule has 7 nitrogen and oxygen atoms in total. The maximum absolute atomic E-state index is 12.4. The molecule has 0 spiro atoms. The number of H-pyrrole nitrogens is 1. The zero-order chi connectivity index (χ0) is 20.2. The fourth-order valence-electron chi connectivity index (χ4n) is 1.92. The van der Waals surface area contributed by atoms with Crippen molar-refractivity contribution >= 4 is 98.4 Å². The Balaban J connectivity index is 2.23. The number of para-hydroxylation sites is 1. The molecule has 0 aliphatic rings. The van der Waals surface area contributed by atoms with Crippen LogP contribution in [-0.2, 0) is 9.47 Å². The van der Waals surface area contributed by atoms with Gasteiger partial charge in [-0.15, -0.1) is 0 Å². The summed E-state index contributed by atoms with van der Waals surface area (Å²) in [5.74, 6) is 0. The molecule has 1 aromatic heterocycles. The van der Waals surface area contributed by atoms with Crippen LogP contribution in [0, 0.1) is 0 Å². The van der Waals surface area contributed by atoms with E-state index in [4.69, 9.17) is 79.1 Å². The van der Waals surface area contributed by atoms with E-state index in [-0.39, 0.29) is 5.69 Å². The van der Waals surface area contributed by atoms with Crippen molar-refractivity contribution in [1.29, 1.82) is 0 Å². The Morgan fingerprint density at radius 1 is 1.00 bits per heavy atom. The average Bonchev–Trinajstić information content (AvgIpc) is 2.98. The Bertz CT molecular complexity index is 817. The molecule has 1 aromatic carbocycles. The van der Waals surface area contributed by atoms with Crippen LogP contribution >= 0.6 is 69.6 Å². The lowest BCUT2D eigenvalue weighted by atomic mass is 10.2. The second-order valence-corrected chi connectivity index (χ2v) is 10.1. The number of nitrogens with one attached hydrogen (secondary N) is 2. The van der Waals surface area contributed by atoms with Crippen molar-refractivity contribution < 1.29 is 19.1 Å². The summed E-state index contributed by atoms with van der Waals surface area (Å²) < 4.78 is 6.02. The van der Waals surface area contributed by atoms with E-state index in [0.717, 1.165) is 5.01 Å². The van der Waals surface area contributed by atoms with E-state index in [9.17, 15) is 9.59 Å². The Hall–Kier alpha value is -0.960. The van der Waals surface area contributed by atoms with E-state index in [1.54, 1.807) is 24.3 Å². The van der Waals surface area contributed by atoms with Gasteiger partial charge in [-0.2, -0.15) is 5.01 Å². The number of amides is 2. The smallest absolute Gasteiger partial charge is 0.433 e. The number of anilines is 1. The molecule has 0 unspecified atom stereocenters. The van der Waals surface area contributed by atoms with Gasteiger partial charge in [0.1, 0.15) is 13.2 Å². The Labute approximate surface area is 183 Å². The molecule has 0 bridgehead atoms. The largest absolute Gasteiger partial charge is 0.444 e. The molecule has 0 radical (unpaired) electrons. The molecule has 1 heterocycles. The van der Waals surface area contributed by atoms with Gasteiger partial charge in [0.05, 0.1) is 5.69 Å². The zero-order valence-corrected chi connectivity index (χ0v) is 17.7. The SMILES string of the molecule is O=C(NN(C(=O)OCC(Cl)(Cl)Cl)c1c[nH]c2ccccc12)OCC(Cl)(Cl)Cl. The lowest BCUT2D eigenvalue weighted by molar-refractivity contribution is 0.135. The first-order chi connectivity index (χ1) is 12.5. The number of hydrogen-bond donors (Lipinski definition) is 2. The van der Waals surface area contributed by atoms with Gasteiger partial charge in [0.15, 0.2) is 0 Å². The van der Waals surface area contributed by atoms with Gasteiger partial charge in [0, 0.05) is 17.1 Å². The summed E-state index contributed by atoms with van der Waals surface area (Å²) in [5, 5.41) is 1.38. The standard InChI is InChI=1S/C14H11Cl6N3O4/c15-13(16,17)6-26-11(24)22-23(12(25)27-7-14(18,19)20)10-5-21-9-4-2-1-3-8(9)10/h1-5,21H,6-7H2,(H,22,24). The van der Waals surface area contributed by atoms with Gasteiger partial charge >= 0.3 is 12.2 Å². The molecule has 0 fully saturated rings. The van der Waals surface area contributed by atoms with Crippen molar-refractivity contribution in [1.82, 2.24) is 10.4 Å². The number of rotatable bonds is 3. The van der Waals surface area contributed by atoms with E-state index in [1.165, 1.54) is 6.20 Å². The topological polar surface area (TPSA) is 83.7 Å². The summed E-state index contributed by atoms with van der Waals surface area (Å²) in [6.45, 7) is -1.10. The number of carbonyl (C=O) groups excluding carboxylic acids is 2. The van der Waals surface area contributed by atoms with E-state index in [1.807, 2.05) is 0 Å². The zero-order valence-electron chi connectivity index (χ0n) is 13.1. The summed E-state index contributed by atoms with van der Waals surface area (Å²) in [6, 6.07) is 7.01. The number of carbonyl (C=O) groups is 2. The summed E-state index contributed by atoms with van der Waals surface area (Å²) in [7, 11) is 0. The maximum Gasteiger partial charge on any atom is 0.433 e. The third-order valence-corrected chi connectivity index (χ3v) is 3.57. The van der Waals surface area contributed by atoms with Crippen LogP contribution in [0.4, 0.5) is 15.3 Å². The van der Waals surface area contributed by atoms with Crippen molar-refractivity contribution in [2.45, 2.75) is 7.59 Å². The lowest BCUT2D eigenvalue weighted by Gasteiger charge is -2.23. The average molecular weight is 498 g/mol. The highest BCUT2D eigenvalue weighted by molar-refractivity contribution is 6.68. The summed E-state index contributed by atoms with van der Waals surface area (Å²) in [6.07, 6.45) is -0.634. The summed E-state index contributed by atoms with van der Waals surface area (Å²) >= 11 is 33.3. The monoisotopic (exact) mass is 495 g/mol. The van der Waals surface area contributed by atoms with Gasteiger partial charge in [-0.25, -0.2) is 15.0 Å². The van der Waals surface area contributed by atoms with Crippen molar-refractivity contribution in [2.24, 2.45) is 0 Å². The molecule has 2 aromatic rings. The Morgan fingerprint density at radius 3 is 2.22 bits per heavy atom. The van der Waals surface area contributed by atoms with E-state index in [2.05, 4.69) is 10.4 Å². The van der Waals surface area contributed by atoms with Crippen LogP contribution in [-0.4, -0.2) is 38.0 Å². The van der Waals surface area contributed by atoms with Gasteiger partial charge in [0.2, 0.25) is 7.59 Å². The van der Waals surface area contributed by atoms with Crippen LogP contribution in [0.2, 0.25) is 0 Å². The van der Waals surface area contributed by atoms with Gasteiger partial charge in [-0.05, 0) is 6.07 Å². The van der Waals surface area contributed by atoms with E-state index < -0.39 is 33.0 Å². The predicted molar refractivity (Wildman–Crippen MR) is 107 cm³/mol. The van der Waals surface area contributed by atoms with Crippen LogP contribution in [0.3, 0.4) is 0 Å². The van der Waals surface area contributed by atoms with Crippen molar-refractivity contribution in [2.75, 3.05) is 18.2 Å². The first-order valence-corrected chi connectivity index (χ1v) is 9.33. The normalized spacial score (nSPS) is 11.9. The van der Waals surface area contributed by atoms with Crippen LogP contribution in [0.25, 0.3) is 10.9 Å². The third-order valence-electron chi connectivity index (χ3n) is 2.92. The molecule has 0 atom stereocenters. The molecule has 13 heteroatoms. The highest BCUT2D eigenvalue weighted by Gasteiger charge is 2.29. The summed E-state index contributed by atoms with van der Waals surface area (Å²) in [4.78, 5) is 27.4. The molecule has 0 aliphatic heterocycles. The molecular weight excluding hydrogens is 487 g/mol. The second kappa shape index (κ2) is 9.03. The van der Waals surface area contributed by atoms with Crippen LogP contribution < -0.4 is 10.4 Å². The number of hydrazine groups is 1. The number of aromatic nitrogens is 1. The molecular formula is C14H11Cl6N3O4. The Morgan fingerprint density at radius 2 is 1.59 bits per heavy atom. The lowest BCUT2D eigenvalue weighted by Crippen LogP contribution is -2.48. The number of ether oxygens (including phenoxy) is 2. The fourth-order valence-corrected chi connectivity index (χ4v) is 2.25. The first-order valence-electron chi connectivity index (χ1n) is 7.06. The second-order valence-electron chi connectivity index (χ2n) is 5.03. The molecule has 27 heavy (non-hydrogen) atoms. The first kappa shape index (κ1) is 22.3. The predicted octanol–water partition coefficient (Wildman–Crippen LogP) is 5.49. The number of halogens is 6. The number of fused-ring (bicyclic) bond motifs is 1. The summed E-state index contributed by atoms with van der Waals surface area (Å²) in [5.41, 5.74) is 3.15. The number of nitrogens with zero attached hydrogens (tertiary/aromatic N) is 1. The highest BCUT2D eigenvalue weighted by atomic mass is 35.6. The molecule has 148 valence electrons. The minimum absolute atomic E-state index is 0.255. The quantitative estimate of drug-likeness (QED) is 0.433. The molecule has 2 N–H and O–H groups in total. The van der Waals surface area contributed by atoms with Crippen LogP contribution in [0.15, 0.2) is 30.5 Å². The van der Waals surface area contributed by atoms with Crippen LogP contribution in [0.5, 0.6) is 0 Å². The van der Waals surface area contributed by atoms with Crippen molar-refractivity contribution in [3.05, 3.63) is 30.5 Å². The number of hydrogen-bond acceptors (Lipinski definition) is 4. The minimum atomic E-state index is -1.84. The van der Waals surface area contributed by atoms with Crippen molar-refractivity contribution in [3.8, 4) is 0 Å². The maximum atomic E-state index is 12.4. The molecule has 2 amide bonds. The molecule has 0 aliphatic carbocycles. The molecule has 2 rings (SSSR count). The third kappa shape index (κ3) is 7.18. The van der Waals surface area contributed by atoms with Gasteiger partial charge in [0.25, 0.3) is 0 Å². The number of aromatic amines is 1. The Kier molecular flexibility index (Phi) is 7.47. The van der Waals surface area contributed by atoms with E-state index in [0.29, 0.717) is 10.9 Å². The fraction of sp³-hybridized carbons (Fsp3) is 0.286. The van der Waals surface area contributed by atoms with E-state index >= 15 is 0 Å². The molecule has 0 saturated heterocycles. The molecule has 0 saturated carbocycles. The minimum Gasteiger partial charge on any atom is -0.444 e. The van der Waals surface area contributed by atoms with Crippen molar-refractivity contribution in [3.63, 3.8) is 0 Å². The van der Waals surface area contributed by atoms with Gasteiger partial charge < -0.3 is 14.5 Å². The van der Waals surface area contributed by atoms with Gasteiger partial charge in [-0.1, -0.05) is 87.8 Å². The number of benzene rings is 1. The highest BCUT2D eigenvalue weighted by Crippen LogP contribution is 2.29. The number of alkyl halides is 6. The van der Waals surface area contributed by atoms with Gasteiger partial charge in [-0.3, -0.25) is 0 Å². The van der Waals surface area contributed by atoms with Crippen LogP contribution in [0.1, 0.15) is 0 Å².